The number of thiazole rings is 1. The third-order valence-electron chi connectivity index (χ3n) is 8.00. The van der Waals surface area contributed by atoms with E-state index in [0.717, 1.165) is 38.7 Å². The van der Waals surface area contributed by atoms with Crippen LogP contribution in [-0.2, 0) is 27.2 Å². The molecule has 6 rings (SSSR count). The van der Waals surface area contributed by atoms with E-state index in [1.54, 1.807) is 0 Å². The first-order valence-electron chi connectivity index (χ1n) is 13.4. The van der Waals surface area contributed by atoms with E-state index in [1.165, 1.54) is 24.0 Å². The number of nitrogens with zero attached hydrogens (tertiary/aromatic N) is 1. The Bertz CT molecular complexity index is 1720. The predicted molar refractivity (Wildman–Crippen MR) is 161 cm³/mol. The average Bonchev–Trinajstić information content (AvgIpc) is 3.45. The minimum Gasteiger partial charge on any atom is -0.469 e. The number of anilines is 1. The monoisotopic (exact) mass is 546 g/mol. The number of carbonyl (C=O) groups is 2. The zero-order valence-corrected chi connectivity index (χ0v) is 23.3. The molecule has 0 aliphatic heterocycles. The van der Waals surface area contributed by atoms with E-state index < -0.39 is 5.41 Å². The SMILES string of the molecule is COC(=O)Cc1ccccc1C1CC(C)(C(=O)Nc2nc(-c3cccc4ccccc34)cs2)Cc2ccccc21. The highest BCUT2D eigenvalue weighted by molar-refractivity contribution is 7.14. The molecule has 0 bridgehead atoms. The van der Waals surface area contributed by atoms with Crippen molar-refractivity contribution in [1.82, 2.24) is 4.98 Å². The van der Waals surface area contributed by atoms with E-state index in [9.17, 15) is 9.59 Å². The summed E-state index contributed by atoms with van der Waals surface area (Å²) in [6.07, 6.45) is 1.45. The van der Waals surface area contributed by atoms with Crippen LogP contribution >= 0.6 is 11.3 Å². The molecule has 1 aliphatic carbocycles. The average molecular weight is 547 g/mol. The Morgan fingerprint density at radius 1 is 0.950 bits per heavy atom. The molecular weight excluding hydrogens is 516 g/mol. The molecule has 5 nitrogen and oxygen atoms in total. The van der Waals surface area contributed by atoms with Crippen molar-refractivity contribution in [2.75, 3.05) is 12.4 Å². The zero-order valence-electron chi connectivity index (χ0n) is 22.5. The van der Waals surface area contributed by atoms with Crippen molar-refractivity contribution in [2.45, 2.75) is 32.1 Å². The fraction of sp³-hybridized carbons (Fsp3) is 0.206. The zero-order chi connectivity index (χ0) is 27.7. The van der Waals surface area contributed by atoms with Gasteiger partial charge in [-0.2, -0.15) is 0 Å². The molecule has 2 unspecified atom stereocenters. The molecule has 4 aromatic carbocycles. The van der Waals surface area contributed by atoms with Gasteiger partial charge in [-0.3, -0.25) is 9.59 Å². The minimum atomic E-state index is -0.664. The van der Waals surface area contributed by atoms with Crippen LogP contribution in [0.5, 0.6) is 0 Å². The number of aromatic nitrogens is 1. The van der Waals surface area contributed by atoms with E-state index in [-0.39, 0.29) is 24.2 Å². The molecular formula is C34H30N2O3S. The van der Waals surface area contributed by atoms with Crippen LogP contribution in [0.15, 0.2) is 96.4 Å². The lowest BCUT2D eigenvalue weighted by molar-refractivity contribution is -0.139. The summed E-state index contributed by atoms with van der Waals surface area (Å²) in [6.45, 7) is 2.04. The lowest BCUT2D eigenvalue weighted by atomic mass is 9.65. The maximum atomic E-state index is 13.9. The predicted octanol–water partition coefficient (Wildman–Crippen LogP) is 7.40. The Kier molecular flexibility index (Phi) is 6.95. The van der Waals surface area contributed by atoms with E-state index in [0.29, 0.717) is 18.0 Å². The molecule has 1 aromatic heterocycles. The summed E-state index contributed by atoms with van der Waals surface area (Å²) < 4.78 is 4.96. The fourth-order valence-corrected chi connectivity index (χ4v) is 6.66. The summed E-state index contributed by atoms with van der Waals surface area (Å²) >= 11 is 1.44. The molecule has 1 aliphatic rings. The maximum absolute atomic E-state index is 13.9. The van der Waals surface area contributed by atoms with Crippen LogP contribution in [0.2, 0.25) is 0 Å². The van der Waals surface area contributed by atoms with Gasteiger partial charge in [-0.05, 0) is 45.9 Å². The van der Waals surface area contributed by atoms with Gasteiger partial charge in [0.25, 0.3) is 0 Å². The van der Waals surface area contributed by atoms with Gasteiger partial charge in [0, 0.05) is 16.9 Å². The van der Waals surface area contributed by atoms with E-state index >= 15 is 0 Å². The summed E-state index contributed by atoms with van der Waals surface area (Å²) in [5.74, 6) is -0.344. The molecule has 5 aromatic rings. The first-order chi connectivity index (χ1) is 19.4. The highest BCUT2D eigenvalue weighted by Gasteiger charge is 2.42. The molecule has 0 radical (unpaired) electrons. The van der Waals surface area contributed by atoms with Gasteiger partial charge in [-0.15, -0.1) is 11.3 Å². The largest absolute Gasteiger partial charge is 0.469 e. The van der Waals surface area contributed by atoms with Crippen LogP contribution in [0.25, 0.3) is 22.0 Å². The van der Waals surface area contributed by atoms with Gasteiger partial charge in [0.2, 0.25) is 5.91 Å². The Morgan fingerprint density at radius 2 is 1.68 bits per heavy atom. The van der Waals surface area contributed by atoms with Crippen molar-refractivity contribution in [3.63, 3.8) is 0 Å². The molecule has 1 N–H and O–H groups in total. The van der Waals surface area contributed by atoms with Crippen LogP contribution in [0.1, 0.15) is 41.5 Å². The Labute approximate surface area is 237 Å². The second-order valence-corrected chi connectivity index (χ2v) is 11.5. The van der Waals surface area contributed by atoms with Gasteiger partial charge < -0.3 is 10.1 Å². The number of ether oxygens (including phenoxy) is 1. The number of fused-ring (bicyclic) bond motifs is 2. The molecule has 6 heteroatoms. The van der Waals surface area contributed by atoms with Crippen molar-refractivity contribution in [3.8, 4) is 11.3 Å². The number of hydrogen-bond acceptors (Lipinski definition) is 5. The second kappa shape index (κ2) is 10.7. The minimum absolute atomic E-state index is 0.0240. The number of esters is 1. The third-order valence-corrected chi connectivity index (χ3v) is 8.75. The topological polar surface area (TPSA) is 68.3 Å². The van der Waals surface area contributed by atoms with Crippen LogP contribution < -0.4 is 5.32 Å². The number of carbonyl (C=O) groups excluding carboxylic acids is 2. The summed E-state index contributed by atoms with van der Waals surface area (Å²) in [5, 5.41) is 8.03. The molecule has 0 saturated carbocycles. The molecule has 1 amide bonds. The Hall–Kier alpha value is -4.29. The van der Waals surface area contributed by atoms with Crippen LogP contribution in [-0.4, -0.2) is 24.0 Å². The van der Waals surface area contributed by atoms with E-state index in [2.05, 4.69) is 47.8 Å². The van der Waals surface area contributed by atoms with Crippen molar-refractivity contribution in [1.29, 1.82) is 0 Å². The number of rotatable bonds is 6. The summed E-state index contributed by atoms with van der Waals surface area (Å²) in [7, 11) is 1.41. The molecule has 0 saturated heterocycles. The number of hydrogen-bond donors (Lipinski definition) is 1. The highest BCUT2D eigenvalue weighted by atomic mass is 32.1. The lowest BCUT2D eigenvalue weighted by Crippen LogP contribution is -2.40. The molecule has 1 heterocycles. The molecule has 2 atom stereocenters. The van der Waals surface area contributed by atoms with Crippen molar-refractivity contribution in [2.24, 2.45) is 5.41 Å². The van der Waals surface area contributed by atoms with E-state index in [1.807, 2.05) is 60.8 Å². The molecule has 200 valence electrons. The second-order valence-electron chi connectivity index (χ2n) is 10.7. The first-order valence-corrected chi connectivity index (χ1v) is 14.3. The number of nitrogens with one attached hydrogen (secondary N) is 1. The van der Waals surface area contributed by atoms with Crippen molar-refractivity contribution < 1.29 is 14.3 Å². The fourth-order valence-electron chi connectivity index (χ4n) is 5.95. The van der Waals surface area contributed by atoms with E-state index in [4.69, 9.17) is 9.72 Å². The molecule has 0 fully saturated rings. The summed E-state index contributed by atoms with van der Waals surface area (Å²) in [6, 6.07) is 30.8. The number of amides is 1. The number of methoxy groups -OCH3 is 1. The van der Waals surface area contributed by atoms with Crippen LogP contribution in [0, 0.1) is 5.41 Å². The van der Waals surface area contributed by atoms with Gasteiger partial charge in [0.05, 0.1) is 24.6 Å². The van der Waals surface area contributed by atoms with Crippen molar-refractivity contribution in [3.05, 3.63) is 119 Å². The Morgan fingerprint density at radius 3 is 2.52 bits per heavy atom. The van der Waals surface area contributed by atoms with Gasteiger partial charge in [0.1, 0.15) is 0 Å². The highest BCUT2D eigenvalue weighted by Crippen LogP contribution is 2.47. The summed E-state index contributed by atoms with van der Waals surface area (Å²) in [5.41, 5.74) is 5.59. The van der Waals surface area contributed by atoms with Crippen molar-refractivity contribution >= 4 is 39.1 Å². The Balaban J connectivity index is 1.30. The van der Waals surface area contributed by atoms with Crippen LogP contribution in [0.3, 0.4) is 0 Å². The lowest BCUT2D eigenvalue weighted by Gasteiger charge is -2.39. The number of benzene rings is 4. The molecule has 0 spiro atoms. The maximum Gasteiger partial charge on any atom is 0.309 e. The third kappa shape index (κ3) is 4.91. The molecule has 40 heavy (non-hydrogen) atoms. The first kappa shape index (κ1) is 26.0. The normalized spacial score (nSPS) is 18.2. The van der Waals surface area contributed by atoms with Gasteiger partial charge in [0.15, 0.2) is 5.13 Å². The van der Waals surface area contributed by atoms with Crippen LogP contribution in [0.4, 0.5) is 5.13 Å². The van der Waals surface area contributed by atoms with Gasteiger partial charge in [-0.1, -0.05) is 97.9 Å². The van der Waals surface area contributed by atoms with Gasteiger partial charge >= 0.3 is 5.97 Å². The smallest absolute Gasteiger partial charge is 0.309 e. The summed E-state index contributed by atoms with van der Waals surface area (Å²) in [4.78, 5) is 30.9. The standard InChI is InChI=1S/C34H30N2O3S/c1-34(32(38)36-33-35-30(21-40-33)28-17-9-13-22-10-3-6-14-25(22)28)19-24-12-5-8-16-27(24)29(20-34)26-15-7-4-11-23(26)18-31(37)39-2/h3-17,21,29H,18-20H2,1-2H3,(H,35,36,38). The quantitative estimate of drug-likeness (QED) is 0.225. The van der Waals surface area contributed by atoms with Gasteiger partial charge in [-0.25, -0.2) is 4.98 Å².